The quantitative estimate of drug-likeness (QED) is 0.852. The van der Waals surface area contributed by atoms with Crippen molar-refractivity contribution in [2.75, 3.05) is 25.2 Å². The third-order valence-corrected chi connectivity index (χ3v) is 5.99. The van der Waals surface area contributed by atoms with Crippen molar-refractivity contribution in [1.29, 1.82) is 0 Å². The fourth-order valence-corrected chi connectivity index (χ4v) is 4.71. The Labute approximate surface area is 147 Å². The van der Waals surface area contributed by atoms with Gasteiger partial charge in [-0.15, -0.1) is 11.3 Å². The van der Waals surface area contributed by atoms with E-state index < -0.39 is 0 Å². The van der Waals surface area contributed by atoms with Gasteiger partial charge in [0.1, 0.15) is 16.6 Å². The fraction of sp³-hybridized carbons (Fsp3) is 0.611. The summed E-state index contributed by atoms with van der Waals surface area (Å²) < 4.78 is 5.51. The van der Waals surface area contributed by atoms with Gasteiger partial charge in [-0.3, -0.25) is 0 Å². The molecule has 0 N–H and O–H groups in total. The van der Waals surface area contributed by atoms with Gasteiger partial charge in [-0.25, -0.2) is 15.0 Å². The molecule has 0 amide bonds. The van der Waals surface area contributed by atoms with Gasteiger partial charge in [-0.05, 0) is 39.0 Å². The molecule has 0 radical (unpaired) electrons. The lowest BCUT2D eigenvalue weighted by molar-refractivity contribution is 0.193. The maximum Gasteiger partial charge on any atom is 0.132 e. The fourth-order valence-electron chi connectivity index (χ4n) is 3.50. The van der Waals surface area contributed by atoms with Crippen LogP contribution in [0.3, 0.4) is 0 Å². The molecule has 1 unspecified atom stereocenters. The molecule has 6 heteroatoms. The number of thiazole rings is 1. The highest BCUT2D eigenvalue weighted by molar-refractivity contribution is 7.11. The third kappa shape index (κ3) is 3.30. The van der Waals surface area contributed by atoms with Crippen molar-refractivity contribution in [2.24, 2.45) is 0 Å². The van der Waals surface area contributed by atoms with Gasteiger partial charge >= 0.3 is 0 Å². The Morgan fingerprint density at radius 3 is 2.92 bits per heavy atom. The molecular formula is C18H24N4OS. The largest absolute Gasteiger partial charge is 0.381 e. The predicted molar refractivity (Wildman–Crippen MR) is 95.8 cm³/mol. The maximum atomic E-state index is 5.51. The normalized spacial score (nSPS) is 20.2. The van der Waals surface area contributed by atoms with Crippen molar-refractivity contribution in [1.82, 2.24) is 15.0 Å². The first-order valence-electron chi connectivity index (χ1n) is 8.81. The minimum absolute atomic E-state index is 0.408. The van der Waals surface area contributed by atoms with Crippen LogP contribution in [-0.2, 0) is 24.1 Å². The highest BCUT2D eigenvalue weighted by Gasteiger charge is 2.21. The van der Waals surface area contributed by atoms with Gasteiger partial charge in [-0.2, -0.15) is 0 Å². The summed E-state index contributed by atoms with van der Waals surface area (Å²) in [5.41, 5.74) is 2.44. The van der Waals surface area contributed by atoms with Crippen LogP contribution in [0.15, 0.2) is 6.07 Å². The molecule has 0 saturated carbocycles. The SMILES string of the molecule is Cc1nc(C2CCOC2)cc(N(C)Cc2nc3c(s2)CCCC3)n1. The Morgan fingerprint density at radius 1 is 1.25 bits per heavy atom. The second kappa shape index (κ2) is 6.76. The zero-order chi connectivity index (χ0) is 16.5. The first-order chi connectivity index (χ1) is 11.7. The first kappa shape index (κ1) is 16.0. The minimum atomic E-state index is 0.408. The van der Waals surface area contributed by atoms with E-state index in [0.717, 1.165) is 49.9 Å². The number of ether oxygens (including phenoxy) is 1. The number of hydrogen-bond acceptors (Lipinski definition) is 6. The van der Waals surface area contributed by atoms with Crippen LogP contribution in [0.1, 0.15) is 52.3 Å². The molecule has 2 aliphatic rings. The number of nitrogens with zero attached hydrogens (tertiary/aromatic N) is 4. The van der Waals surface area contributed by atoms with Crippen LogP contribution in [0.2, 0.25) is 0 Å². The van der Waals surface area contributed by atoms with Crippen molar-refractivity contribution >= 4 is 17.2 Å². The first-order valence-corrected chi connectivity index (χ1v) is 9.62. The zero-order valence-corrected chi connectivity index (χ0v) is 15.2. The van der Waals surface area contributed by atoms with Gasteiger partial charge in [-0.1, -0.05) is 0 Å². The lowest BCUT2D eigenvalue weighted by Crippen LogP contribution is -2.19. The molecule has 1 aliphatic heterocycles. The van der Waals surface area contributed by atoms with E-state index in [0.29, 0.717) is 5.92 Å². The van der Waals surface area contributed by atoms with Crippen molar-refractivity contribution in [3.63, 3.8) is 0 Å². The highest BCUT2D eigenvalue weighted by Crippen LogP contribution is 2.29. The number of fused-ring (bicyclic) bond motifs is 1. The van der Waals surface area contributed by atoms with Crippen LogP contribution in [0.4, 0.5) is 5.82 Å². The van der Waals surface area contributed by atoms with Crippen LogP contribution < -0.4 is 4.90 Å². The summed E-state index contributed by atoms with van der Waals surface area (Å²) in [5, 5.41) is 1.20. The minimum Gasteiger partial charge on any atom is -0.381 e. The summed E-state index contributed by atoms with van der Waals surface area (Å²) in [6, 6.07) is 2.12. The predicted octanol–water partition coefficient (Wildman–Crippen LogP) is 3.26. The van der Waals surface area contributed by atoms with E-state index in [1.807, 2.05) is 18.3 Å². The van der Waals surface area contributed by atoms with E-state index in [9.17, 15) is 0 Å². The standard InChI is InChI=1S/C18H24N4OS/c1-12-19-15(13-7-8-23-11-13)9-17(20-12)22(2)10-18-21-14-5-3-4-6-16(14)24-18/h9,13H,3-8,10-11H2,1-2H3. The molecule has 2 aromatic rings. The molecular weight excluding hydrogens is 320 g/mol. The molecule has 0 aromatic carbocycles. The van der Waals surface area contributed by atoms with Crippen molar-refractivity contribution in [3.8, 4) is 0 Å². The molecule has 1 saturated heterocycles. The molecule has 2 aromatic heterocycles. The zero-order valence-electron chi connectivity index (χ0n) is 14.4. The van der Waals surface area contributed by atoms with Gasteiger partial charge in [0.2, 0.25) is 0 Å². The van der Waals surface area contributed by atoms with E-state index in [1.165, 1.54) is 34.8 Å². The maximum absolute atomic E-state index is 5.51. The van der Waals surface area contributed by atoms with Gasteiger partial charge in [0.25, 0.3) is 0 Å². The Kier molecular flexibility index (Phi) is 4.50. The molecule has 4 rings (SSSR count). The highest BCUT2D eigenvalue weighted by atomic mass is 32.1. The van der Waals surface area contributed by atoms with E-state index in [4.69, 9.17) is 9.72 Å². The third-order valence-electron chi connectivity index (χ3n) is 4.85. The average Bonchev–Trinajstić information content (AvgIpc) is 3.23. The van der Waals surface area contributed by atoms with Gasteiger partial charge in [0, 0.05) is 30.5 Å². The van der Waals surface area contributed by atoms with Crippen molar-refractivity contribution in [3.05, 3.63) is 33.2 Å². The monoisotopic (exact) mass is 344 g/mol. The van der Waals surface area contributed by atoms with Gasteiger partial charge < -0.3 is 9.64 Å². The molecule has 24 heavy (non-hydrogen) atoms. The Bertz CT molecular complexity index is 700. The number of anilines is 1. The molecule has 1 atom stereocenters. The molecule has 3 heterocycles. The number of aryl methyl sites for hydroxylation is 3. The lowest BCUT2D eigenvalue weighted by Gasteiger charge is -2.19. The molecule has 0 bridgehead atoms. The number of hydrogen-bond donors (Lipinski definition) is 0. The molecule has 128 valence electrons. The summed E-state index contributed by atoms with van der Waals surface area (Å²) in [6.07, 6.45) is 5.99. The van der Waals surface area contributed by atoms with E-state index in [1.54, 1.807) is 0 Å². The van der Waals surface area contributed by atoms with Crippen LogP contribution >= 0.6 is 11.3 Å². The smallest absolute Gasteiger partial charge is 0.132 e. The molecule has 0 spiro atoms. The number of aromatic nitrogens is 3. The topological polar surface area (TPSA) is 51.1 Å². The van der Waals surface area contributed by atoms with Gasteiger partial charge in [0.15, 0.2) is 0 Å². The van der Waals surface area contributed by atoms with E-state index >= 15 is 0 Å². The summed E-state index contributed by atoms with van der Waals surface area (Å²) in [6.45, 7) is 4.40. The Morgan fingerprint density at radius 2 is 2.12 bits per heavy atom. The Balaban J connectivity index is 1.53. The van der Waals surface area contributed by atoms with Crippen LogP contribution in [0, 0.1) is 6.92 Å². The van der Waals surface area contributed by atoms with E-state index in [-0.39, 0.29) is 0 Å². The Hall–Kier alpha value is -1.53. The van der Waals surface area contributed by atoms with Gasteiger partial charge in [0.05, 0.1) is 24.5 Å². The second-order valence-corrected chi connectivity index (χ2v) is 7.97. The number of rotatable bonds is 4. The molecule has 1 fully saturated rings. The summed E-state index contributed by atoms with van der Waals surface area (Å²) in [7, 11) is 2.09. The molecule has 1 aliphatic carbocycles. The van der Waals surface area contributed by atoms with E-state index in [2.05, 4.69) is 28.0 Å². The molecule has 5 nitrogen and oxygen atoms in total. The summed E-state index contributed by atoms with van der Waals surface area (Å²) >= 11 is 1.88. The van der Waals surface area contributed by atoms with Crippen molar-refractivity contribution in [2.45, 2.75) is 51.5 Å². The van der Waals surface area contributed by atoms with Crippen molar-refractivity contribution < 1.29 is 4.74 Å². The summed E-state index contributed by atoms with van der Waals surface area (Å²) in [4.78, 5) is 17.8. The average molecular weight is 344 g/mol. The van der Waals surface area contributed by atoms with Crippen LogP contribution in [-0.4, -0.2) is 35.2 Å². The second-order valence-electron chi connectivity index (χ2n) is 6.80. The van der Waals surface area contributed by atoms with Crippen LogP contribution in [0.5, 0.6) is 0 Å². The summed E-state index contributed by atoms with van der Waals surface area (Å²) in [5.74, 6) is 2.23. The van der Waals surface area contributed by atoms with Crippen LogP contribution in [0.25, 0.3) is 0 Å². The lowest BCUT2D eigenvalue weighted by atomic mass is 10.0.